The number of nitrogens with one attached hydrogen (secondary N) is 2. The first-order chi connectivity index (χ1) is 9.02. The zero-order valence-corrected chi connectivity index (χ0v) is 11.1. The topological polar surface area (TPSA) is 95.1 Å². The second-order valence-corrected chi connectivity index (χ2v) is 5.24. The molecular weight excluding hydrogens is 246 g/mol. The van der Waals surface area contributed by atoms with Crippen LogP contribution in [0.25, 0.3) is 0 Å². The zero-order valence-electron chi connectivity index (χ0n) is 11.1. The Balaban J connectivity index is 2.09. The molecule has 3 unspecified atom stereocenters. The summed E-state index contributed by atoms with van der Waals surface area (Å²) >= 11 is 0. The molecule has 3 atom stereocenters. The summed E-state index contributed by atoms with van der Waals surface area (Å²) in [6.45, 7) is 3.95. The van der Waals surface area contributed by atoms with E-state index in [4.69, 9.17) is 0 Å². The number of anilines is 1. The van der Waals surface area contributed by atoms with E-state index in [1.54, 1.807) is 6.20 Å². The molecule has 0 aliphatic heterocycles. The molecule has 1 aliphatic carbocycles. The van der Waals surface area contributed by atoms with Gasteiger partial charge in [0.05, 0.1) is 18.0 Å². The van der Waals surface area contributed by atoms with Crippen LogP contribution in [0, 0.1) is 17.8 Å². The highest BCUT2D eigenvalue weighted by atomic mass is 16.4. The number of aryl methyl sites for hydroxylation is 1. The molecule has 0 spiro atoms. The first kappa shape index (κ1) is 13.6. The van der Waals surface area contributed by atoms with Crippen molar-refractivity contribution < 1.29 is 14.7 Å². The minimum absolute atomic E-state index is 0.226. The standard InChI is InChI=1S/C13H19N3O3/c1-3-8-6-14-16-11(8)15-12(17)9-4-7(2)5-10(9)13(18)19/h6-7,9-10H,3-5H2,1-2H3,(H,18,19)(H2,14,15,16,17). The van der Waals surface area contributed by atoms with Crippen molar-refractivity contribution in [1.29, 1.82) is 0 Å². The third-order valence-electron chi connectivity index (χ3n) is 3.80. The van der Waals surface area contributed by atoms with Gasteiger partial charge in [-0.15, -0.1) is 0 Å². The fraction of sp³-hybridized carbons (Fsp3) is 0.615. The van der Waals surface area contributed by atoms with Gasteiger partial charge in [0.15, 0.2) is 0 Å². The van der Waals surface area contributed by atoms with Crippen molar-refractivity contribution in [2.45, 2.75) is 33.1 Å². The number of carboxylic acid groups (broad SMARTS) is 1. The molecule has 6 heteroatoms. The van der Waals surface area contributed by atoms with Gasteiger partial charge in [0.1, 0.15) is 5.82 Å². The minimum Gasteiger partial charge on any atom is -0.481 e. The van der Waals surface area contributed by atoms with Gasteiger partial charge < -0.3 is 10.4 Å². The van der Waals surface area contributed by atoms with Crippen molar-refractivity contribution in [3.05, 3.63) is 11.8 Å². The summed E-state index contributed by atoms with van der Waals surface area (Å²) in [5.41, 5.74) is 0.922. The lowest BCUT2D eigenvalue weighted by molar-refractivity contribution is -0.145. The van der Waals surface area contributed by atoms with E-state index in [0.717, 1.165) is 12.0 Å². The van der Waals surface area contributed by atoms with Gasteiger partial charge in [-0.3, -0.25) is 14.7 Å². The number of carbonyl (C=O) groups is 2. The normalized spacial score (nSPS) is 26.3. The first-order valence-electron chi connectivity index (χ1n) is 6.58. The monoisotopic (exact) mass is 265 g/mol. The average molecular weight is 265 g/mol. The smallest absolute Gasteiger partial charge is 0.307 e. The van der Waals surface area contributed by atoms with Crippen molar-refractivity contribution in [3.8, 4) is 0 Å². The van der Waals surface area contributed by atoms with Crippen molar-refractivity contribution >= 4 is 17.7 Å². The Hall–Kier alpha value is -1.85. The highest BCUT2D eigenvalue weighted by molar-refractivity contribution is 5.95. The number of carbonyl (C=O) groups excluding carboxylic acids is 1. The summed E-state index contributed by atoms with van der Waals surface area (Å²) in [4.78, 5) is 23.4. The number of rotatable bonds is 4. The Morgan fingerprint density at radius 1 is 1.47 bits per heavy atom. The maximum atomic E-state index is 12.2. The van der Waals surface area contributed by atoms with Crippen LogP contribution in [-0.4, -0.2) is 27.2 Å². The summed E-state index contributed by atoms with van der Waals surface area (Å²) in [7, 11) is 0. The number of amides is 1. The number of aromatic amines is 1. The van der Waals surface area contributed by atoms with E-state index in [-0.39, 0.29) is 11.8 Å². The molecule has 2 rings (SSSR count). The van der Waals surface area contributed by atoms with Crippen molar-refractivity contribution in [2.75, 3.05) is 5.32 Å². The molecule has 1 aliphatic rings. The van der Waals surface area contributed by atoms with Crippen LogP contribution in [0.4, 0.5) is 5.82 Å². The van der Waals surface area contributed by atoms with Gasteiger partial charge in [0, 0.05) is 5.56 Å². The number of hydrogen-bond donors (Lipinski definition) is 3. The van der Waals surface area contributed by atoms with Crippen LogP contribution in [-0.2, 0) is 16.0 Å². The first-order valence-corrected chi connectivity index (χ1v) is 6.58. The maximum Gasteiger partial charge on any atom is 0.307 e. The van der Waals surface area contributed by atoms with Crippen molar-refractivity contribution in [2.24, 2.45) is 17.8 Å². The fourth-order valence-corrected chi connectivity index (χ4v) is 2.76. The van der Waals surface area contributed by atoms with Crippen LogP contribution in [0.15, 0.2) is 6.20 Å². The lowest BCUT2D eigenvalue weighted by atomic mass is 9.95. The molecule has 0 bridgehead atoms. The second kappa shape index (κ2) is 5.42. The molecule has 1 aromatic rings. The van der Waals surface area contributed by atoms with Crippen LogP contribution < -0.4 is 5.32 Å². The van der Waals surface area contributed by atoms with E-state index in [9.17, 15) is 14.7 Å². The molecule has 0 radical (unpaired) electrons. The van der Waals surface area contributed by atoms with E-state index >= 15 is 0 Å². The van der Waals surface area contributed by atoms with E-state index in [0.29, 0.717) is 18.7 Å². The number of carboxylic acids is 1. The number of nitrogens with zero attached hydrogens (tertiary/aromatic N) is 1. The Morgan fingerprint density at radius 2 is 2.16 bits per heavy atom. The SMILES string of the molecule is CCc1cn[nH]c1NC(=O)C1CC(C)CC1C(=O)O. The van der Waals surface area contributed by atoms with Gasteiger partial charge in [0.2, 0.25) is 5.91 Å². The summed E-state index contributed by atoms with van der Waals surface area (Å²) in [5.74, 6) is -1.30. The van der Waals surface area contributed by atoms with E-state index in [1.807, 2.05) is 13.8 Å². The highest BCUT2D eigenvalue weighted by Gasteiger charge is 2.41. The lowest BCUT2D eigenvalue weighted by Gasteiger charge is -2.15. The van der Waals surface area contributed by atoms with E-state index in [2.05, 4.69) is 15.5 Å². The summed E-state index contributed by atoms with van der Waals surface area (Å²) in [5, 5.41) is 18.6. The Morgan fingerprint density at radius 3 is 2.79 bits per heavy atom. The largest absolute Gasteiger partial charge is 0.481 e. The van der Waals surface area contributed by atoms with Crippen LogP contribution in [0.3, 0.4) is 0 Å². The zero-order chi connectivity index (χ0) is 14.0. The average Bonchev–Trinajstić information content (AvgIpc) is 2.95. The molecule has 1 amide bonds. The molecule has 1 aromatic heterocycles. The maximum absolute atomic E-state index is 12.2. The van der Waals surface area contributed by atoms with Gasteiger partial charge in [-0.25, -0.2) is 0 Å². The number of aromatic nitrogens is 2. The van der Waals surface area contributed by atoms with Crippen molar-refractivity contribution in [3.63, 3.8) is 0 Å². The van der Waals surface area contributed by atoms with E-state index in [1.165, 1.54) is 0 Å². The summed E-state index contributed by atoms with van der Waals surface area (Å²) in [6.07, 6.45) is 3.62. The third kappa shape index (κ3) is 2.77. The van der Waals surface area contributed by atoms with Crippen molar-refractivity contribution in [1.82, 2.24) is 10.2 Å². The Kier molecular flexibility index (Phi) is 3.87. The number of H-pyrrole nitrogens is 1. The predicted octanol–water partition coefficient (Wildman–Crippen LogP) is 1.66. The minimum atomic E-state index is -0.884. The molecule has 1 fully saturated rings. The summed E-state index contributed by atoms with van der Waals surface area (Å²) in [6, 6.07) is 0. The molecule has 1 saturated carbocycles. The molecule has 1 heterocycles. The third-order valence-corrected chi connectivity index (χ3v) is 3.80. The molecule has 0 saturated heterocycles. The van der Waals surface area contributed by atoms with Crippen LogP contribution in [0.2, 0.25) is 0 Å². The lowest BCUT2D eigenvalue weighted by Crippen LogP contribution is -2.30. The number of hydrogen-bond acceptors (Lipinski definition) is 3. The molecular formula is C13H19N3O3. The molecule has 19 heavy (non-hydrogen) atoms. The van der Waals surface area contributed by atoms with Crippen LogP contribution >= 0.6 is 0 Å². The molecule has 104 valence electrons. The Labute approximate surface area is 111 Å². The Bertz CT molecular complexity index is 483. The summed E-state index contributed by atoms with van der Waals surface area (Å²) < 4.78 is 0. The van der Waals surface area contributed by atoms with Gasteiger partial charge in [-0.05, 0) is 25.2 Å². The molecule has 3 N–H and O–H groups in total. The number of aliphatic carboxylic acids is 1. The quantitative estimate of drug-likeness (QED) is 0.771. The molecule has 0 aromatic carbocycles. The van der Waals surface area contributed by atoms with Gasteiger partial charge in [-0.1, -0.05) is 13.8 Å². The van der Waals surface area contributed by atoms with E-state index < -0.39 is 17.8 Å². The van der Waals surface area contributed by atoms with Gasteiger partial charge in [-0.2, -0.15) is 5.10 Å². The van der Waals surface area contributed by atoms with Gasteiger partial charge in [0.25, 0.3) is 0 Å². The van der Waals surface area contributed by atoms with Gasteiger partial charge >= 0.3 is 5.97 Å². The second-order valence-electron chi connectivity index (χ2n) is 5.24. The predicted molar refractivity (Wildman–Crippen MR) is 69.6 cm³/mol. The van der Waals surface area contributed by atoms with Crippen LogP contribution in [0.5, 0.6) is 0 Å². The highest BCUT2D eigenvalue weighted by Crippen LogP contribution is 2.37. The molecule has 6 nitrogen and oxygen atoms in total. The fourth-order valence-electron chi connectivity index (χ4n) is 2.76. The van der Waals surface area contributed by atoms with Crippen LogP contribution in [0.1, 0.15) is 32.3 Å².